The molecule has 0 bridgehead atoms. The Balaban J connectivity index is -0.000000247. The van der Waals surface area contributed by atoms with Gasteiger partial charge in [-0.15, -0.1) is 0 Å². The maximum Gasteiger partial charge on any atom is 0.0488 e. The molecule has 0 spiro atoms. The monoisotopic (exact) mass is 1750 g/mol. The molecule has 0 atom stereocenters. The molecule has 0 aliphatic carbocycles. The van der Waals surface area contributed by atoms with Crippen LogP contribution in [0.4, 0.5) is 0 Å². The molecule has 7 aromatic carbocycles. The van der Waals surface area contributed by atoms with Crippen LogP contribution < -0.4 is 0 Å². The zero-order chi connectivity index (χ0) is 100. The molecule has 0 radical (unpaired) electrons. The lowest BCUT2D eigenvalue weighted by Gasteiger charge is -1.96. The summed E-state index contributed by atoms with van der Waals surface area (Å²) >= 11 is 0. The van der Waals surface area contributed by atoms with Crippen LogP contribution in [0.25, 0.3) is 76.3 Å². The van der Waals surface area contributed by atoms with Gasteiger partial charge in [0, 0.05) is 219 Å². The summed E-state index contributed by atoms with van der Waals surface area (Å²) in [5, 5.41) is 9.43. The maximum atomic E-state index is 2.24. The molecule has 0 aliphatic heterocycles. The second kappa shape index (κ2) is 79.5. The summed E-state index contributed by atoms with van der Waals surface area (Å²) in [6, 6.07) is 74.0. The molecule has 0 unspecified atom stereocenters. The molecule has 17 rings (SSSR count). The second-order valence-electron chi connectivity index (χ2n) is 26.6. The van der Waals surface area contributed by atoms with Crippen LogP contribution in [-0.2, 0) is 70.5 Å². The molecule has 714 valence electrons. The number of hydrogen-bond donors (Lipinski definition) is 0. The largest absolute Gasteiger partial charge is 0.357 e. The topological polar surface area (TPSA) is 49.3 Å². The van der Waals surface area contributed by atoms with E-state index in [9.17, 15) is 0 Å². The van der Waals surface area contributed by atoms with Crippen LogP contribution in [0.15, 0.2) is 256 Å². The molecule has 10 nitrogen and oxygen atoms in total. The predicted octanol–water partition coefficient (Wildman–Crippen LogP) is 36.4. The fourth-order valence-corrected chi connectivity index (χ4v) is 12.6. The van der Waals surface area contributed by atoms with E-state index in [-0.39, 0.29) is 0 Å². The van der Waals surface area contributed by atoms with Gasteiger partial charge in [0.15, 0.2) is 0 Å². The van der Waals surface area contributed by atoms with Crippen LogP contribution in [0.3, 0.4) is 0 Å². The minimum atomic E-state index is 1.29. The van der Waals surface area contributed by atoms with Crippen molar-refractivity contribution in [3.05, 3.63) is 323 Å². The Kier molecular flexibility index (Phi) is 81.0. The number of aromatic nitrogens is 10. The van der Waals surface area contributed by atoms with Gasteiger partial charge in [-0.25, -0.2) is 0 Å². The van der Waals surface area contributed by atoms with E-state index >= 15 is 0 Å². The van der Waals surface area contributed by atoms with E-state index in [2.05, 4.69) is 429 Å². The number of para-hydroxylation sites is 7. The summed E-state index contributed by atoms with van der Waals surface area (Å²) < 4.78 is 21.6. The van der Waals surface area contributed by atoms with Gasteiger partial charge >= 0.3 is 0 Å². The van der Waals surface area contributed by atoms with E-state index in [1.54, 1.807) is 0 Å². The first kappa shape index (κ1) is 130. The van der Waals surface area contributed by atoms with Crippen molar-refractivity contribution >= 4 is 76.3 Å². The summed E-state index contributed by atoms with van der Waals surface area (Å²) in [7, 11) is 20.8. The van der Waals surface area contributed by atoms with Gasteiger partial charge < -0.3 is 45.7 Å². The maximum absolute atomic E-state index is 2.24. The number of rotatable bonds is 0. The number of benzene rings is 7. The van der Waals surface area contributed by atoms with Crippen molar-refractivity contribution in [2.75, 3.05) is 0 Å². The highest BCUT2D eigenvalue weighted by Gasteiger charge is 2.08. The van der Waals surface area contributed by atoms with Gasteiger partial charge in [-0.05, 0) is 207 Å². The highest BCUT2D eigenvalue weighted by molar-refractivity contribution is 6.07. The summed E-state index contributed by atoms with van der Waals surface area (Å²) in [5.74, 6) is 0. The van der Waals surface area contributed by atoms with Gasteiger partial charge in [-0.2, -0.15) is 0 Å². The molecule has 10 heterocycles. The van der Waals surface area contributed by atoms with E-state index < -0.39 is 0 Å². The van der Waals surface area contributed by atoms with Crippen molar-refractivity contribution in [2.24, 2.45) is 70.5 Å². The van der Waals surface area contributed by atoms with Gasteiger partial charge in [0.1, 0.15) is 0 Å². The molecule has 0 N–H and O–H groups in total. The van der Waals surface area contributed by atoms with E-state index in [1.165, 1.54) is 144 Å². The Hall–Kier alpha value is -10.8. The number of hydrogen-bond acceptors (Lipinski definition) is 0. The number of aryl methyl sites for hydroxylation is 19. The van der Waals surface area contributed by atoms with E-state index in [0.717, 1.165) is 0 Å². The number of fused-ring (bicyclic) bond motifs is 8. The average Bonchev–Trinajstić information content (AvgIpc) is 1.62. The van der Waals surface area contributed by atoms with Crippen LogP contribution in [0, 0.1) is 83.1 Å². The SMILES string of the molecule is CC.CC.CC.CC.CC.CC.CC.CC.CC.CC.CC.CC.CC.CC.Cc1c(C)n(C)c2ccccc12.Cc1ccc(C)n1C.Cc1ccc(C)n1C.Cc1cccn1C.Cc1cn(C)c2ccccc12.Cc1cn(C)c2ccccc12.Cc1cn(C)c2ccccc12.Cc1cn(C)cc1C.Cn1c2ccccc2c2ccccc21.Cn1ccc2ccccc21. The molecule has 0 fully saturated rings. The Bertz CT molecular complexity index is 4920. The third-order valence-corrected chi connectivity index (χ3v) is 19.5. The second-order valence-corrected chi connectivity index (χ2v) is 26.6. The van der Waals surface area contributed by atoms with Crippen LogP contribution in [0.2, 0.25) is 0 Å². The Morgan fingerprint density at radius 3 is 0.633 bits per heavy atom. The van der Waals surface area contributed by atoms with Crippen molar-refractivity contribution in [3.8, 4) is 0 Å². The first-order chi connectivity index (χ1) is 61.8. The average molecular weight is 1750 g/mol. The highest BCUT2D eigenvalue weighted by atomic mass is 15.0. The molecule has 0 amide bonds. The van der Waals surface area contributed by atoms with Crippen LogP contribution in [-0.4, -0.2) is 45.7 Å². The first-order valence-corrected chi connectivity index (χ1v) is 48.6. The normalized spacial score (nSPS) is 8.86. The lowest BCUT2D eigenvalue weighted by atomic mass is 10.2. The molecule has 0 saturated heterocycles. The van der Waals surface area contributed by atoms with Crippen LogP contribution in [0.1, 0.15) is 261 Å². The molecule has 17 aromatic rings. The molecule has 0 aliphatic rings. The van der Waals surface area contributed by atoms with Crippen molar-refractivity contribution in [1.82, 2.24) is 45.7 Å². The summed E-state index contributed by atoms with van der Waals surface area (Å²) in [6.07, 6.45) is 14.8. The molecule has 0 saturated carbocycles. The minimum Gasteiger partial charge on any atom is -0.357 e. The minimum absolute atomic E-state index is 1.29. The predicted molar refractivity (Wildman–Crippen MR) is 592 cm³/mol. The molecular formula is C118H192N10. The Morgan fingerprint density at radius 1 is 0.164 bits per heavy atom. The fraction of sp³-hybridized carbons (Fsp3) is 0.424. The zero-order valence-electron chi connectivity index (χ0n) is 91.7. The molecule has 10 heteroatoms. The smallest absolute Gasteiger partial charge is 0.0488 e. The molecular weight excluding hydrogens is 1560 g/mol. The van der Waals surface area contributed by atoms with Gasteiger partial charge in [-0.1, -0.05) is 321 Å². The lowest BCUT2D eigenvalue weighted by Crippen LogP contribution is -1.91. The van der Waals surface area contributed by atoms with Crippen LogP contribution >= 0.6 is 0 Å². The third kappa shape index (κ3) is 42.8. The van der Waals surface area contributed by atoms with Gasteiger partial charge in [0.25, 0.3) is 0 Å². The first-order valence-electron chi connectivity index (χ1n) is 48.6. The summed E-state index contributed by atoms with van der Waals surface area (Å²) in [5.41, 5.74) is 25.3. The van der Waals surface area contributed by atoms with Crippen LogP contribution in [0.5, 0.6) is 0 Å². The fourth-order valence-electron chi connectivity index (χ4n) is 12.6. The Morgan fingerprint density at radius 2 is 0.414 bits per heavy atom. The van der Waals surface area contributed by atoms with E-state index in [1.807, 2.05) is 220 Å². The molecule has 10 aromatic heterocycles. The number of nitrogens with zero attached hydrogens (tertiary/aromatic N) is 10. The van der Waals surface area contributed by atoms with Crippen molar-refractivity contribution < 1.29 is 0 Å². The van der Waals surface area contributed by atoms with Crippen molar-refractivity contribution in [2.45, 2.75) is 277 Å². The van der Waals surface area contributed by atoms with E-state index in [0.29, 0.717) is 0 Å². The van der Waals surface area contributed by atoms with Crippen molar-refractivity contribution in [1.29, 1.82) is 0 Å². The van der Waals surface area contributed by atoms with Crippen molar-refractivity contribution in [3.63, 3.8) is 0 Å². The summed E-state index contributed by atoms with van der Waals surface area (Å²) in [6.45, 7) is 81.5. The highest BCUT2D eigenvalue weighted by Crippen LogP contribution is 2.28. The van der Waals surface area contributed by atoms with Gasteiger partial charge in [0.05, 0.1) is 0 Å². The van der Waals surface area contributed by atoms with E-state index in [4.69, 9.17) is 0 Å². The Labute approximate surface area is 787 Å². The summed E-state index contributed by atoms with van der Waals surface area (Å²) in [4.78, 5) is 0. The van der Waals surface area contributed by atoms with Gasteiger partial charge in [-0.3, -0.25) is 0 Å². The zero-order valence-corrected chi connectivity index (χ0v) is 91.7. The lowest BCUT2D eigenvalue weighted by molar-refractivity contribution is 0.844. The molecule has 128 heavy (non-hydrogen) atoms. The van der Waals surface area contributed by atoms with Gasteiger partial charge in [0.2, 0.25) is 0 Å². The quantitative estimate of drug-likeness (QED) is 0.145. The standard InChI is InChI=1S/C13H11N.C11H13N.3C10H11N.C9H9N.3C7H11N.C6H9N.14C2H6/c1-14-12-8-4-2-6-10(12)11-7-3-5-9-13(11)14;1-8-9(2)12(3)11-7-5-4-6-10(8)11;3*1-8-7-11(2)10-6-4-3-5-9(8)10;1-10-7-6-8-4-2-3-5-9(8)10;1-6-4-8(3)5-7(6)2;2*1-6-4-5-7(2)8(6)3;1-6-4-3-5-7(6)2;14*1-2/h2-9H,1H3;4-7H,1-3H3;3*3-7H,1-2H3;2-7H,1H3;3*4-5H,1-3H3;3-5H,1-2H3;14*1-2H3. The third-order valence-electron chi connectivity index (χ3n) is 19.5.